The number of nitriles is 1. The first kappa shape index (κ1) is 27.6. The second-order valence-corrected chi connectivity index (χ2v) is 9.90. The molecule has 8 heteroatoms. The van der Waals surface area contributed by atoms with Crippen molar-refractivity contribution in [3.8, 4) is 29.1 Å². The predicted molar refractivity (Wildman–Crippen MR) is 153 cm³/mol. The number of para-hydroxylation sites is 3. The molecule has 4 aromatic rings. The molecule has 0 bridgehead atoms. The molecular weight excluding hydrogens is 506 g/mol. The van der Waals surface area contributed by atoms with Crippen LogP contribution >= 0.6 is 0 Å². The summed E-state index contributed by atoms with van der Waals surface area (Å²) >= 11 is 0. The number of hydrogen-bond acceptors (Lipinski definition) is 6. The molecule has 40 heavy (non-hydrogen) atoms. The SMILES string of the molecule is CC(C)(C)c1ccc(Oc2ccc(/C=C(\C#N)C(=O)Nc3ccccc3Oc3ccccc3)cc2[N+](=O)[O-])cc1. The first-order valence-electron chi connectivity index (χ1n) is 12.5. The topological polar surface area (TPSA) is 114 Å². The van der Waals surface area contributed by atoms with Crippen molar-refractivity contribution in [1.29, 1.82) is 5.26 Å². The van der Waals surface area contributed by atoms with Crippen molar-refractivity contribution in [3.05, 3.63) is 124 Å². The van der Waals surface area contributed by atoms with Gasteiger partial charge in [-0.3, -0.25) is 14.9 Å². The number of ether oxygens (including phenoxy) is 2. The van der Waals surface area contributed by atoms with Crippen LogP contribution in [-0.2, 0) is 10.2 Å². The fraction of sp³-hybridized carbons (Fsp3) is 0.125. The molecule has 0 aliphatic rings. The lowest BCUT2D eigenvalue weighted by atomic mass is 9.87. The Kier molecular flexibility index (Phi) is 8.26. The van der Waals surface area contributed by atoms with E-state index in [1.807, 2.05) is 36.4 Å². The monoisotopic (exact) mass is 533 g/mol. The quantitative estimate of drug-likeness (QED) is 0.106. The minimum atomic E-state index is -0.687. The van der Waals surface area contributed by atoms with Gasteiger partial charge in [0, 0.05) is 6.07 Å². The highest BCUT2D eigenvalue weighted by Crippen LogP contribution is 2.34. The number of amides is 1. The summed E-state index contributed by atoms with van der Waals surface area (Å²) in [5, 5.41) is 24.2. The third-order valence-electron chi connectivity index (χ3n) is 5.91. The Morgan fingerprint density at radius 2 is 1.50 bits per heavy atom. The number of benzene rings is 4. The van der Waals surface area contributed by atoms with Crippen LogP contribution in [-0.4, -0.2) is 10.8 Å². The van der Waals surface area contributed by atoms with Crippen molar-refractivity contribution in [3.63, 3.8) is 0 Å². The molecule has 8 nitrogen and oxygen atoms in total. The minimum Gasteiger partial charge on any atom is -0.455 e. The number of nitrogens with one attached hydrogen (secondary N) is 1. The van der Waals surface area contributed by atoms with Crippen LogP contribution in [0.15, 0.2) is 103 Å². The smallest absolute Gasteiger partial charge is 0.312 e. The van der Waals surface area contributed by atoms with Crippen LogP contribution in [0.5, 0.6) is 23.0 Å². The van der Waals surface area contributed by atoms with Crippen molar-refractivity contribution < 1.29 is 19.2 Å². The van der Waals surface area contributed by atoms with Crippen LogP contribution in [0.3, 0.4) is 0 Å². The van der Waals surface area contributed by atoms with E-state index in [-0.39, 0.29) is 22.4 Å². The zero-order valence-corrected chi connectivity index (χ0v) is 22.3. The average molecular weight is 534 g/mol. The van der Waals surface area contributed by atoms with Gasteiger partial charge in [-0.05, 0) is 65.1 Å². The van der Waals surface area contributed by atoms with Crippen molar-refractivity contribution in [1.82, 2.24) is 0 Å². The van der Waals surface area contributed by atoms with Gasteiger partial charge in [0.15, 0.2) is 5.75 Å². The Balaban J connectivity index is 1.55. The lowest BCUT2D eigenvalue weighted by molar-refractivity contribution is -0.385. The normalized spacial score (nSPS) is 11.3. The molecule has 0 saturated carbocycles. The van der Waals surface area contributed by atoms with E-state index in [2.05, 4.69) is 26.1 Å². The fourth-order valence-corrected chi connectivity index (χ4v) is 3.78. The zero-order valence-electron chi connectivity index (χ0n) is 22.3. The second kappa shape index (κ2) is 12.0. The summed E-state index contributed by atoms with van der Waals surface area (Å²) in [6, 6.07) is 29.4. The molecule has 0 aliphatic carbocycles. The maximum atomic E-state index is 13.0. The molecule has 200 valence electrons. The molecule has 4 aromatic carbocycles. The highest BCUT2D eigenvalue weighted by Gasteiger charge is 2.19. The molecule has 0 atom stereocenters. The third kappa shape index (κ3) is 6.91. The van der Waals surface area contributed by atoms with E-state index in [0.717, 1.165) is 5.56 Å². The van der Waals surface area contributed by atoms with Gasteiger partial charge in [-0.15, -0.1) is 0 Å². The molecule has 1 amide bonds. The number of rotatable bonds is 8. The zero-order chi connectivity index (χ0) is 28.7. The third-order valence-corrected chi connectivity index (χ3v) is 5.91. The number of anilines is 1. The van der Waals surface area contributed by atoms with Crippen LogP contribution in [0.25, 0.3) is 6.08 Å². The summed E-state index contributed by atoms with van der Waals surface area (Å²) in [4.78, 5) is 24.2. The first-order valence-corrected chi connectivity index (χ1v) is 12.5. The Morgan fingerprint density at radius 1 is 0.875 bits per heavy atom. The van der Waals surface area contributed by atoms with Gasteiger partial charge in [-0.2, -0.15) is 5.26 Å². The van der Waals surface area contributed by atoms with E-state index in [0.29, 0.717) is 28.5 Å². The Hall–Kier alpha value is -5.42. The van der Waals surface area contributed by atoms with Gasteiger partial charge in [-0.25, -0.2) is 0 Å². The van der Waals surface area contributed by atoms with Gasteiger partial charge in [0.25, 0.3) is 5.91 Å². The maximum Gasteiger partial charge on any atom is 0.312 e. The summed E-state index contributed by atoms with van der Waals surface area (Å²) in [5.74, 6) is 0.786. The largest absolute Gasteiger partial charge is 0.455 e. The van der Waals surface area contributed by atoms with Gasteiger partial charge in [0.1, 0.15) is 23.1 Å². The average Bonchev–Trinajstić information content (AvgIpc) is 2.93. The van der Waals surface area contributed by atoms with Crippen LogP contribution in [0.1, 0.15) is 31.9 Å². The molecule has 0 radical (unpaired) electrons. The molecule has 0 aliphatic heterocycles. The lowest BCUT2D eigenvalue weighted by Crippen LogP contribution is -2.14. The van der Waals surface area contributed by atoms with Crippen molar-refractivity contribution in [2.24, 2.45) is 0 Å². The highest BCUT2D eigenvalue weighted by atomic mass is 16.6. The summed E-state index contributed by atoms with van der Waals surface area (Å²) in [7, 11) is 0. The number of nitrogens with zero attached hydrogens (tertiary/aromatic N) is 2. The predicted octanol–water partition coefficient (Wildman–Crippen LogP) is 8.02. The van der Waals surface area contributed by atoms with Crippen molar-refractivity contribution in [2.75, 3.05) is 5.32 Å². The van der Waals surface area contributed by atoms with Gasteiger partial charge in [0.2, 0.25) is 5.75 Å². The summed E-state index contributed by atoms with van der Waals surface area (Å²) in [6.07, 6.45) is 1.28. The molecule has 0 heterocycles. The van der Waals surface area contributed by atoms with Crippen LogP contribution in [0.2, 0.25) is 0 Å². The number of carbonyl (C=O) groups is 1. The van der Waals surface area contributed by atoms with E-state index < -0.39 is 10.8 Å². The van der Waals surface area contributed by atoms with Gasteiger partial charge >= 0.3 is 5.69 Å². The highest BCUT2D eigenvalue weighted by molar-refractivity contribution is 6.10. The molecule has 0 spiro atoms. The van der Waals surface area contributed by atoms with E-state index in [1.165, 1.54) is 18.2 Å². The molecule has 0 saturated heterocycles. The summed E-state index contributed by atoms with van der Waals surface area (Å²) in [6.45, 7) is 6.27. The van der Waals surface area contributed by atoms with Gasteiger partial charge < -0.3 is 14.8 Å². The Bertz CT molecular complexity index is 1600. The van der Waals surface area contributed by atoms with Gasteiger partial charge in [-0.1, -0.05) is 69.3 Å². The Morgan fingerprint density at radius 3 is 2.15 bits per heavy atom. The standard InChI is InChI=1S/C32H27N3O5/c1-32(2,3)24-14-16-26(17-15-24)40-30-18-13-22(20-28(30)35(37)38)19-23(21-33)31(36)34-27-11-7-8-12-29(27)39-25-9-5-4-6-10-25/h4-20H,1-3H3,(H,34,36)/b23-19+. The second-order valence-electron chi connectivity index (χ2n) is 9.90. The first-order chi connectivity index (χ1) is 19.1. The van der Waals surface area contributed by atoms with Crippen LogP contribution in [0.4, 0.5) is 11.4 Å². The molecule has 1 N–H and O–H groups in total. The van der Waals surface area contributed by atoms with Crippen LogP contribution < -0.4 is 14.8 Å². The van der Waals surface area contributed by atoms with Crippen LogP contribution in [0, 0.1) is 21.4 Å². The summed E-state index contributed by atoms with van der Waals surface area (Å²) in [5.41, 5.74) is 1.18. The number of hydrogen-bond donors (Lipinski definition) is 1. The number of carbonyl (C=O) groups excluding carboxylic acids is 1. The fourth-order valence-electron chi connectivity index (χ4n) is 3.78. The van der Waals surface area contributed by atoms with E-state index in [1.54, 1.807) is 54.6 Å². The molecule has 0 aromatic heterocycles. The molecule has 0 fully saturated rings. The minimum absolute atomic E-state index is 0.0414. The number of nitro groups is 1. The van der Waals surface area contributed by atoms with Crippen molar-refractivity contribution >= 4 is 23.4 Å². The van der Waals surface area contributed by atoms with E-state index in [9.17, 15) is 20.2 Å². The lowest BCUT2D eigenvalue weighted by Gasteiger charge is -2.19. The van der Waals surface area contributed by atoms with E-state index >= 15 is 0 Å². The Labute approximate surface area is 232 Å². The van der Waals surface area contributed by atoms with E-state index in [4.69, 9.17) is 9.47 Å². The van der Waals surface area contributed by atoms with Crippen molar-refractivity contribution in [2.45, 2.75) is 26.2 Å². The van der Waals surface area contributed by atoms with Gasteiger partial charge in [0.05, 0.1) is 10.6 Å². The maximum absolute atomic E-state index is 13.0. The molecule has 0 unspecified atom stereocenters. The molecule has 4 rings (SSSR count). The number of nitro benzene ring substituents is 1. The molecular formula is C32H27N3O5. The summed E-state index contributed by atoms with van der Waals surface area (Å²) < 4.78 is 11.7.